The smallest absolute Gasteiger partial charge is 0.295 e. The van der Waals surface area contributed by atoms with E-state index in [1.54, 1.807) is 9.36 Å². The maximum absolute atomic E-state index is 13.1. The topological polar surface area (TPSA) is 56.0 Å². The minimum absolute atomic E-state index is 0.235. The molecule has 0 aliphatic heterocycles. The van der Waals surface area contributed by atoms with Gasteiger partial charge < -0.3 is 5.32 Å². The quantitative estimate of drug-likeness (QED) is 0.533. The Kier molecular flexibility index (Phi) is 4.44. The molecule has 0 saturated heterocycles. The molecule has 4 aromatic rings. The lowest BCUT2D eigenvalue weighted by atomic mass is 9.91. The average molecular weight is 416 g/mol. The van der Waals surface area contributed by atoms with E-state index >= 15 is 0 Å². The fraction of sp³-hybridized carbons (Fsp3) is 0.167. The molecule has 2 aromatic carbocycles. The van der Waals surface area contributed by atoms with Gasteiger partial charge in [-0.2, -0.15) is 0 Å². The van der Waals surface area contributed by atoms with Crippen molar-refractivity contribution in [2.75, 3.05) is 5.32 Å². The van der Waals surface area contributed by atoms with Gasteiger partial charge in [0, 0.05) is 11.9 Å². The standard InChI is InChI=1S/C24H21N3O2S/c1-15-21(24(29)27(26(15)2)18-9-4-3-5-10-18)25-23(28)20-14-17-13-12-16-8-6-7-11-19(16)22(17)30-20/h3-11,14H,12-13H2,1-2H3,(H,25,28). The van der Waals surface area contributed by atoms with Crippen LogP contribution in [0.4, 0.5) is 5.69 Å². The van der Waals surface area contributed by atoms with Gasteiger partial charge in [0.15, 0.2) is 0 Å². The molecule has 0 saturated carbocycles. The maximum Gasteiger partial charge on any atom is 0.295 e. The molecule has 0 radical (unpaired) electrons. The van der Waals surface area contributed by atoms with Crippen molar-refractivity contribution >= 4 is 22.9 Å². The number of aromatic nitrogens is 2. The van der Waals surface area contributed by atoms with Crippen LogP contribution in [0.15, 0.2) is 65.5 Å². The number of hydrogen-bond donors (Lipinski definition) is 1. The molecule has 0 spiro atoms. The van der Waals surface area contributed by atoms with Gasteiger partial charge in [-0.3, -0.25) is 14.3 Å². The number of nitrogens with one attached hydrogen (secondary N) is 1. The van der Waals surface area contributed by atoms with Gasteiger partial charge >= 0.3 is 0 Å². The molecule has 1 aliphatic rings. The Morgan fingerprint density at radius 2 is 1.70 bits per heavy atom. The van der Waals surface area contributed by atoms with E-state index in [4.69, 9.17) is 0 Å². The zero-order chi connectivity index (χ0) is 20.8. The van der Waals surface area contributed by atoms with E-state index in [1.807, 2.05) is 56.4 Å². The molecule has 0 atom stereocenters. The van der Waals surface area contributed by atoms with E-state index in [1.165, 1.54) is 28.0 Å². The molecule has 0 fully saturated rings. The molecule has 5 nitrogen and oxygen atoms in total. The first kappa shape index (κ1) is 18.6. The van der Waals surface area contributed by atoms with Crippen LogP contribution >= 0.6 is 11.3 Å². The van der Waals surface area contributed by atoms with Gasteiger partial charge in [-0.15, -0.1) is 11.3 Å². The van der Waals surface area contributed by atoms with Gasteiger partial charge in [-0.1, -0.05) is 42.5 Å². The lowest BCUT2D eigenvalue weighted by Crippen LogP contribution is -2.22. The van der Waals surface area contributed by atoms with Crippen LogP contribution in [0.1, 0.15) is 26.5 Å². The highest BCUT2D eigenvalue weighted by atomic mass is 32.1. The SMILES string of the molecule is Cc1c(NC(=O)c2cc3c(s2)-c2ccccc2CC3)c(=O)n(-c2ccccc2)n1C. The van der Waals surface area contributed by atoms with E-state index < -0.39 is 0 Å². The van der Waals surface area contributed by atoms with E-state index in [0.717, 1.165) is 23.4 Å². The van der Waals surface area contributed by atoms with Crippen molar-refractivity contribution in [1.82, 2.24) is 9.36 Å². The van der Waals surface area contributed by atoms with Crippen molar-refractivity contribution in [3.05, 3.63) is 92.7 Å². The third kappa shape index (κ3) is 2.92. The Labute approximate surface area is 178 Å². The van der Waals surface area contributed by atoms with E-state index in [9.17, 15) is 9.59 Å². The fourth-order valence-corrected chi connectivity index (χ4v) is 5.24. The number of nitrogens with zero attached hydrogens (tertiary/aromatic N) is 2. The number of carbonyl (C=O) groups is 1. The van der Waals surface area contributed by atoms with Crippen molar-refractivity contribution in [3.8, 4) is 16.1 Å². The molecule has 0 unspecified atom stereocenters. The molecular weight excluding hydrogens is 394 g/mol. The van der Waals surface area contributed by atoms with Crippen LogP contribution in [-0.2, 0) is 19.9 Å². The number of rotatable bonds is 3. The Morgan fingerprint density at radius 1 is 1.00 bits per heavy atom. The number of aryl methyl sites for hydroxylation is 2. The van der Waals surface area contributed by atoms with Crippen molar-refractivity contribution < 1.29 is 4.79 Å². The summed E-state index contributed by atoms with van der Waals surface area (Å²) < 4.78 is 3.34. The first-order chi connectivity index (χ1) is 14.5. The Hall–Kier alpha value is -3.38. The van der Waals surface area contributed by atoms with Crippen molar-refractivity contribution in [2.24, 2.45) is 7.05 Å². The average Bonchev–Trinajstić information content (AvgIpc) is 3.30. The number of para-hydroxylation sites is 1. The summed E-state index contributed by atoms with van der Waals surface area (Å²) in [6.07, 6.45) is 1.92. The van der Waals surface area contributed by atoms with Gasteiger partial charge in [0.2, 0.25) is 0 Å². The highest BCUT2D eigenvalue weighted by molar-refractivity contribution is 7.17. The van der Waals surface area contributed by atoms with Gasteiger partial charge in [0.1, 0.15) is 5.69 Å². The van der Waals surface area contributed by atoms with Gasteiger partial charge in [0.25, 0.3) is 11.5 Å². The molecular formula is C24H21N3O2S. The number of amides is 1. The lowest BCUT2D eigenvalue weighted by Gasteiger charge is -2.15. The van der Waals surface area contributed by atoms with E-state index in [2.05, 4.69) is 23.5 Å². The monoisotopic (exact) mass is 415 g/mol. The van der Waals surface area contributed by atoms with Crippen molar-refractivity contribution in [3.63, 3.8) is 0 Å². The number of carbonyl (C=O) groups excluding carboxylic acids is 1. The minimum Gasteiger partial charge on any atom is -0.315 e. The van der Waals surface area contributed by atoms with Crippen LogP contribution in [0.5, 0.6) is 0 Å². The summed E-state index contributed by atoms with van der Waals surface area (Å²) in [5.41, 5.74) is 5.30. The Balaban J connectivity index is 1.50. The number of thiophene rings is 1. The Bertz CT molecular complexity index is 1330. The largest absolute Gasteiger partial charge is 0.315 e. The van der Waals surface area contributed by atoms with Gasteiger partial charge in [-0.05, 0) is 54.7 Å². The molecule has 5 rings (SSSR count). The number of anilines is 1. The normalized spacial score (nSPS) is 12.3. The summed E-state index contributed by atoms with van der Waals surface area (Å²) in [7, 11) is 1.82. The van der Waals surface area contributed by atoms with Crippen LogP contribution in [0.3, 0.4) is 0 Å². The van der Waals surface area contributed by atoms with Crippen molar-refractivity contribution in [1.29, 1.82) is 0 Å². The van der Waals surface area contributed by atoms with E-state index in [0.29, 0.717) is 16.3 Å². The summed E-state index contributed by atoms with van der Waals surface area (Å²) >= 11 is 1.50. The summed E-state index contributed by atoms with van der Waals surface area (Å²) in [5, 5.41) is 2.88. The second kappa shape index (κ2) is 7.15. The predicted molar refractivity (Wildman–Crippen MR) is 121 cm³/mol. The lowest BCUT2D eigenvalue weighted by molar-refractivity contribution is 0.103. The van der Waals surface area contributed by atoms with Gasteiger partial charge in [-0.25, -0.2) is 4.68 Å². The second-order valence-corrected chi connectivity index (χ2v) is 8.57. The molecule has 150 valence electrons. The molecule has 30 heavy (non-hydrogen) atoms. The predicted octanol–water partition coefficient (Wildman–Crippen LogP) is 4.56. The summed E-state index contributed by atoms with van der Waals surface area (Å²) in [6.45, 7) is 1.84. The number of hydrogen-bond acceptors (Lipinski definition) is 3. The van der Waals surface area contributed by atoms with Crippen LogP contribution in [0.2, 0.25) is 0 Å². The van der Waals surface area contributed by atoms with Gasteiger partial charge in [0.05, 0.1) is 16.3 Å². The molecule has 0 bridgehead atoms. The third-order valence-electron chi connectivity index (χ3n) is 5.75. The van der Waals surface area contributed by atoms with Crippen LogP contribution < -0.4 is 10.9 Å². The first-order valence-corrected chi connectivity index (χ1v) is 10.7. The summed E-state index contributed by atoms with van der Waals surface area (Å²) in [4.78, 5) is 27.9. The zero-order valence-corrected chi connectivity index (χ0v) is 17.6. The summed E-state index contributed by atoms with van der Waals surface area (Å²) in [6, 6.07) is 19.8. The molecule has 1 N–H and O–H groups in total. The number of fused-ring (bicyclic) bond motifs is 3. The fourth-order valence-electron chi connectivity index (χ4n) is 4.07. The molecule has 2 heterocycles. The van der Waals surface area contributed by atoms with Crippen molar-refractivity contribution in [2.45, 2.75) is 19.8 Å². The maximum atomic E-state index is 13.1. The molecule has 6 heteroatoms. The first-order valence-electron chi connectivity index (χ1n) is 9.91. The summed E-state index contributed by atoms with van der Waals surface area (Å²) in [5.74, 6) is -0.238. The second-order valence-electron chi connectivity index (χ2n) is 7.51. The third-order valence-corrected chi connectivity index (χ3v) is 6.96. The Morgan fingerprint density at radius 3 is 2.50 bits per heavy atom. The molecule has 2 aromatic heterocycles. The molecule has 1 aliphatic carbocycles. The van der Waals surface area contributed by atoms with Crippen LogP contribution in [-0.4, -0.2) is 15.3 Å². The molecule has 1 amide bonds. The number of benzene rings is 2. The highest BCUT2D eigenvalue weighted by Gasteiger charge is 2.23. The highest BCUT2D eigenvalue weighted by Crippen LogP contribution is 2.39. The zero-order valence-electron chi connectivity index (χ0n) is 16.8. The minimum atomic E-state index is -0.238. The van der Waals surface area contributed by atoms with E-state index in [-0.39, 0.29) is 11.5 Å². The van der Waals surface area contributed by atoms with Crippen LogP contribution in [0.25, 0.3) is 16.1 Å². The van der Waals surface area contributed by atoms with Crippen LogP contribution in [0, 0.1) is 6.92 Å².